The molecule has 0 radical (unpaired) electrons. The van der Waals surface area contributed by atoms with Gasteiger partial charge in [-0.15, -0.1) is 0 Å². The van der Waals surface area contributed by atoms with Gasteiger partial charge in [0, 0.05) is 18.6 Å². The van der Waals surface area contributed by atoms with Crippen LogP contribution in [0.25, 0.3) is 5.52 Å². The van der Waals surface area contributed by atoms with Gasteiger partial charge in [-0.05, 0) is 6.07 Å². The monoisotopic (exact) mass is 186 g/mol. The first-order chi connectivity index (χ1) is 6.07. The van der Waals surface area contributed by atoms with Gasteiger partial charge in [0.25, 0.3) is 0 Å². The van der Waals surface area contributed by atoms with Crippen LogP contribution in [0.2, 0.25) is 0 Å². The Morgan fingerprint density at radius 3 is 2.69 bits per heavy atom. The number of hydrogen-bond donors (Lipinski definition) is 0. The van der Waals surface area contributed by atoms with Crippen LogP contribution < -0.4 is 0 Å². The van der Waals surface area contributed by atoms with E-state index in [4.69, 9.17) is 0 Å². The summed E-state index contributed by atoms with van der Waals surface area (Å²) in [5, 5.41) is 0. The maximum Gasteiger partial charge on any atom is 0.417 e. The van der Waals surface area contributed by atoms with Crippen molar-refractivity contribution in [3.05, 3.63) is 36.4 Å². The lowest BCUT2D eigenvalue weighted by Crippen LogP contribution is -2.02. The number of aromatic nitrogens is 2. The number of hydrogen-bond acceptors (Lipinski definition) is 1. The molecule has 0 atom stereocenters. The van der Waals surface area contributed by atoms with Crippen LogP contribution in [-0.2, 0) is 6.18 Å². The molecule has 0 fully saturated rings. The summed E-state index contributed by atoms with van der Waals surface area (Å²) in [6.07, 6.45) is 1.05. The van der Waals surface area contributed by atoms with Gasteiger partial charge in [-0.25, -0.2) is 0 Å². The van der Waals surface area contributed by atoms with Gasteiger partial charge < -0.3 is 4.40 Å². The Morgan fingerprint density at radius 2 is 2.08 bits per heavy atom. The molecule has 0 saturated carbocycles. The van der Waals surface area contributed by atoms with Gasteiger partial charge in [-0.2, -0.15) is 13.2 Å². The van der Waals surface area contributed by atoms with Crippen LogP contribution in [-0.4, -0.2) is 9.38 Å². The standard InChI is InChI=1S/C8H5F3N2/c9-8(10,11)6-3-7-4-12-1-2-13(7)5-6/h1-5H. The Labute approximate surface area is 71.6 Å². The van der Waals surface area contributed by atoms with E-state index in [0.29, 0.717) is 5.52 Å². The zero-order valence-electron chi connectivity index (χ0n) is 6.42. The summed E-state index contributed by atoms with van der Waals surface area (Å²) in [6.45, 7) is 0. The summed E-state index contributed by atoms with van der Waals surface area (Å²) in [4.78, 5) is 3.72. The highest BCUT2D eigenvalue weighted by Crippen LogP contribution is 2.30. The Balaban J connectivity index is 2.63. The maximum absolute atomic E-state index is 12.2. The Bertz CT molecular complexity index is 397. The highest BCUT2D eigenvalue weighted by Gasteiger charge is 2.31. The van der Waals surface area contributed by atoms with Crippen molar-refractivity contribution in [2.75, 3.05) is 0 Å². The van der Waals surface area contributed by atoms with Crippen molar-refractivity contribution in [3.63, 3.8) is 0 Å². The lowest BCUT2D eigenvalue weighted by atomic mass is 10.3. The summed E-state index contributed by atoms with van der Waals surface area (Å²) in [5.41, 5.74) is -0.213. The van der Waals surface area contributed by atoms with E-state index in [9.17, 15) is 13.2 Å². The van der Waals surface area contributed by atoms with E-state index in [1.54, 1.807) is 0 Å². The van der Waals surface area contributed by atoms with Crippen LogP contribution in [0.1, 0.15) is 5.56 Å². The Hall–Kier alpha value is -1.52. The van der Waals surface area contributed by atoms with Crippen molar-refractivity contribution in [2.45, 2.75) is 6.18 Å². The second-order valence-electron chi connectivity index (χ2n) is 2.63. The molecule has 0 N–H and O–H groups in total. The topological polar surface area (TPSA) is 17.3 Å². The van der Waals surface area contributed by atoms with Crippen LogP contribution in [0, 0.1) is 0 Å². The molecule has 0 aromatic carbocycles. The van der Waals surface area contributed by atoms with Gasteiger partial charge in [0.05, 0.1) is 17.3 Å². The zero-order chi connectivity index (χ0) is 9.47. The van der Waals surface area contributed by atoms with Gasteiger partial charge in [-0.3, -0.25) is 4.98 Å². The lowest BCUT2D eigenvalue weighted by Gasteiger charge is -2.00. The molecule has 0 bridgehead atoms. The maximum atomic E-state index is 12.2. The summed E-state index contributed by atoms with van der Waals surface area (Å²) in [6, 6.07) is 1.06. The third-order valence-electron chi connectivity index (χ3n) is 1.73. The molecule has 0 saturated heterocycles. The zero-order valence-corrected chi connectivity index (χ0v) is 6.42. The second kappa shape index (κ2) is 2.48. The fourth-order valence-electron chi connectivity index (χ4n) is 1.11. The fraction of sp³-hybridized carbons (Fsp3) is 0.125. The van der Waals surface area contributed by atoms with Gasteiger partial charge >= 0.3 is 6.18 Å². The first-order valence-electron chi connectivity index (χ1n) is 3.56. The molecule has 2 nitrogen and oxygen atoms in total. The highest BCUT2D eigenvalue weighted by molar-refractivity contribution is 5.48. The minimum atomic E-state index is -4.29. The second-order valence-corrected chi connectivity index (χ2v) is 2.63. The SMILES string of the molecule is FC(F)(F)c1cc2cnccn2c1. The van der Waals surface area contributed by atoms with E-state index >= 15 is 0 Å². The smallest absolute Gasteiger partial charge is 0.320 e. The molecular formula is C8H5F3N2. The first kappa shape index (κ1) is 8.10. The molecule has 0 aliphatic carbocycles. The Morgan fingerprint density at radius 1 is 1.31 bits per heavy atom. The number of rotatable bonds is 0. The molecule has 0 spiro atoms. The van der Waals surface area contributed by atoms with E-state index in [0.717, 1.165) is 12.3 Å². The Kier molecular flexibility index (Phi) is 1.55. The molecule has 2 heterocycles. The third-order valence-corrected chi connectivity index (χ3v) is 1.73. The number of halogens is 3. The van der Waals surface area contributed by atoms with Crippen LogP contribution in [0.5, 0.6) is 0 Å². The van der Waals surface area contributed by atoms with Gasteiger partial charge in [0.2, 0.25) is 0 Å². The van der Waals surface area contributed by atoms with Gasteiger partial charge in [0.1, 0.15) is 0 Å². The first-order valence-corrected chi connectivity index (χ1v) is 3.56. The molecule has 5 heteroatoms. The van der Waals surface area contributed by atoms with Gasteiger partial charge in [-0.1, -0.05) is 0 Å². The fourth-order valence-corrected chi connectivity index (χ4v) is 1.11. The number of fused-ring (bicyclic) bond motifs is 1. The van der Waals surface area contributed by atoms with Crippen LogP contribution in [0.4, 0.5) is 13.2 Å². The quantitative estimate of drug-likeness (QED) is 0.617. The molecule has 2 aromatic heterocycles. The van der Waals surface area contributed by atoms with Crippen molar-refractivity contribution in [3.8, 4) is 0 Å². The largest absolute Gasteiger partial charge is 0.417 e. The van der Waals surface area contributed by atoms with E-state index in [-0.39, 0.29) is 0 Å². The summed E-state index contributed by atoms with van der Waals surface area (Å²) in [5.74, 6) is 0. The molecule has 0 aliphatic rings. The molecule has 0 amide bonds. The lowest BCUT2D eigenvalue weighted by molar-refractivity contribution is -0.137. The summed E-state index contributed by atoms with van der Waals surface area (Å²) < 4.78 is 38.0. The highest BCUT2D eigenvalue weighted by atomic mass is 19.4. The van der Waals surface area contributed by atoms with E-state index in [2.05, 4.69) is 4.98 Å². The molecule has 2 aromatic rings. The minimum Gasteiger partial charge on any atom is -0.320 e. The van der Waals surface area contributed by atoms with Crippen LogP contribution in [0.3, 0.4) is 0 Å². The van der Waals surface area contributed by atoms with E-state index < -0.39 is 11.7 Å². The average Bonchev–Trinajstić information content (AvgIpc) is 2.45. The average molecular weight is 186 g/mol. The number of alkyl halides is 3. The molecule has 13 heavy (non-hydrogen) atoms. The predicted molar refractivity (Wildman–Crippen MR) is 40.2 cm³/mol. The third kappa shape index (κ3) is 1.37. The van der Waals surface area contributed by atoms with Crippen molar-refractivity contribution >= 4 is 5.52 Å². The van der Waals surface area contributed by atoms with E-state index in [1.165, 1.54) is 23.0 Å². The normalized spacial score (nSPS) is 12.2. The molecule has 2 rings (SSSR count). The minimum absolute atomic E-state index is 0.440. The summed E-state index contributed by atoms with van der Waals surface area (Å²) in [7, 11) is 0. The van der Waals surface area contributed by atoms with Crippen LogP contribution in [0.15, 0.2) is 30.9 Å². The van der Waals surface area contributed by atoms with E-state index in [1.807, 2.05) is 0 Å². The van der Waals surface area contributed by atoms with Gasteiger partial charge in [0.15, 0.2) is 0 Å². The van der Waals surface area contributed by atoms with Crippen molar-refractivity contribution in [1.29, 1.82) is 0 Å². The predicted octanol–water partition coefficient (Wildman–Crippen LogP) is 2.35. The van der Waals surface area contributed by atoms with Crippen LogP contribution >= 0.6 is 0 Å². The molecule has 68 valence electrons. The van der Waals surface area contributed by atoms with Crippen molar-refractivity contribution in [1.82, 2.24) is 9.38 Å². The van der Waals surface area contributed by atoms with Crippen molar-refractivity contribution < 1.29 is 13.2 Å². The molecule has 0 unspecified atom stereocenters. The summed E-state index contributed by atoms with van der Waals surface area (Å²) >= 11 is 0. The van der Waals surface area contributed by atoms with Crippen molar-refractivity contribution in [2.24, 2.45) is 0 Å². The molecular weight excluding hydrogens is 181 g/mol. The number of nitrogens with zero attached hydrogens (tertiary/aromatic N) is 2. The molecule has 0 aliphatic heterocycles.